The van der Waals surface area contributed by atoms with E-state index in [1.165, 1.54) is 25.1 Å². The van der Waals surface area contributed by atoms with Crippen LogP contribution in [0.3, 0.4) is 0 Å². The van der Waals surface area contributed by atoms with Crippen molar-refractivity contribution in [3.05, 3.63) is 58.8 Å². The summed E-state index contributed by atoms with van der Waals surface area (Å²) in [4.78, 5) is 13.4. The van der Waals surface area contributed by atoms with E-state index in [4.69, 9.17) is 32.8 Å². The van der Waals surface area contributed by atoms with Gasteiger partial charge in [0.25, 0.3) is 0 Å². The van der Waals surface area contributed by atoms with Gasteiger partial charge >= 0.3 is 0 Å². The van der Waals surface area contributed by atoms with Gasteiger partial charge in [0, 0.05) is 23.8 Å². The molecule has 13 atom stereocenters. The highest BCUT2D eigenvalue weighted by Crippen LogP contribution is 2.35. The smallest absolute Gasteiger partial charge is 0.228 e. The summed E-state index contributed by atoms with van der Waals surface area (Å²) < 4.78 is 39.8. The molecule has 3 aliphatic rings. The molecule has 1 aromatic heterocycles. The number of aliphatic hydroxyl groups is 8. The van der Waals surface area contributed by atoms with Gasteiger partial charge in [-0.1, -0.05) is 30.3 Å². The van der Waals surface area contributed by atoms with Gasteiger partial charge < -0.3 is 73.7 Å². The maximum atomic E-state index is 13.4. The molecular weight excluding hydrogens is 628 g/mol. The van der Waals surface area contributed by atoms with E-state index < -0.39 is 91.9 Å². The fourth-order valence-corrected chi connectivity index (χ4v) is 5.60. The first-order chi connectivity index (χ1) is 22.4. The zero-order valence-corrected chi connectivity index (χ0v) is 24.9. The highest BCUT2D eigenvalue weighted by molar-refractivity contribution is 5.86. The van der Waals surface area contributed by atoms with E-state index >= 15 is 0 Å². The first-order valence-electron chi connectivity index (χ1n) is 14.9. The van der Waals surface area contributed by atoms with Gasteiger partial charge in [-0.3, -0.25) is 4.79 Å². The summed E-state index contributed by atoms with van der Waals surface area (Å²) >= 11 is 0. The predicted octanol–water partition coefficient (Wildman–Crippen LogP) is -2.05. The lowest BCUT2D eigenvalue weighted by Crippen LogP contribution is -2.62. The zero-order chi connectivity index (χ0) is 33.6. The van der Waals surface area contributed by atoms with Gasteiger partial charge in [-0.25, -0.2) is 0 Å². The SMILES string of the molecule is C[C@@H]1O[C@@H](O[C@@H]2[C@@H](O)[C@H](Oc3cc(O[C@@H]4OC[C@@H](O)[C@H](O)[C@H]4O)c4c(=O)cc(-c5ccccc5)oc4c3)OC[C@@H]2O)[C@H](O)[C@H](O)[C@H]1O. The second-order valence-electron chi connectivity index (χ2n) is 11.7. The molecule has 6 rings (SSSR count). The van der Waals surface area contributed by atoms with Gasteiger partial charge in [-0.2, -0.15) is 0 Å². The molecule has 0 amide bonds. The molecule has 0 radical (unpaired) electrons. The largest absolute Gasteiger partial charge is 0.462 e. The molecule has 8 N–H and O–H groups in total. The van der Waals surface area contributed by atoms with Gasteiger partial charge in [0.05, 0.1) is 19.3 Å². The minimum atomic E-state index is -1.71. The van der Waals surface area contributed by atoms with Crippen LogP contribution in [0.25, 0.3) is 22.3 Å². The Morgan fingerprint density at radius 1 is 0.702 bits per heavy atom. The van der Waals surface area contributed by atoms with Crippen LogP contribution < -0.4 is 14.9 Å². The van der Waals surface area contributed by atoms with Crippen LogP contribution >= 0.6 is 0 Å². The van der Waals surface area contributed by atoms with Crippen LogP contribution in [-0.4, -0.2) is 134 Å². The number of hydrogen-bond donors (Lipinski definition) is 8. The average molecular weight is 665 g/mol. The third kappa shape index (κ3) is 6.73. The lowest BCUT2D eigenvalue weighted by atomic mass is 9.99. The third-order valence-electron chi connectivity index (χ3n) is 8.30. The first kappa shape index (κ1) is 33.7. The van der Waals surface area contributed by atoms with Gasteiger partial charge in [0.2, 0.25) is 12.6 Å². The minimum Gasteiger partial charge on any atom is -0.462 e. The normalized spacial score (nSPS) is 37.9. The molecule has 3 aliphatic heterocycles. The molecule has 256 valence electrons. The van der Waals surface area contributed by atoms with E-state index in [1.54, 1.807) is 30.3 Å². The van der Waals surface area contributed by atoms with Gasteiger partial charge in [0.1, 0.15) is 83.2 Å². The molecule has 2 aromatic carbocycles. The van der Waals surface area contributed by atoms with Crippen molar-refractivity contribution in [2.24, 2.45) is 0 Å². The van der Waals surface area contributed by atoms with Crippen molar-refractivity contribution >= 4 is 11.0 Å². The summed E-state index contributed by atoms with van der Waals surface area (Å²) in [5, 5.41) is 82.6. The summed E-state index contributed by atoms with van der Waals surface area (Å²) in [5.74, 6) is -0.0687. The highest BCUT2D eigenvalue weighted by Gasteiger charge is 2.48. The number of benzene rings is 2. The molecule has 0 saturated carbocycles. The summed E-state index contributed by atoms with van der Waals surface area (Å²) in [7, 11) is 0. The molecular formula is C31H36O16. The van der Waals surface area contributed by atoms with Gasteiger partial charge in [-0.15, -0.1) is 0 Å². The zero-order valence-electron chi connectivity index (χ0n) is 24.9. The Hall–Kier alpha value is -3.23. The minimum absolute atomic E-state index is 0.0341. The predicted molar refractivity (Wildman–Crippen MR) is 156 cm³/mol. The van der Waals surface area contributed by atoms with Crippen LogP contribution in [0, 0.1) is 0 Å². The van der Waals surface area contributed by atoms with E-state index in [0.717, 1.165) is 0 Å². The molecule has 0 aliphatic carbocycles. The van der Waals surface area contributed by atoms with Crippen LogP contribution in [-0.2, 0) is 18.9 Å². The van der Waals surface area contributed by atoms with Crippen LogP contribution in [0.15, 0.2) is 57.7 Å². The second-order valence-corrected chi connectivity index (χ2v) is 11.7. The van der Waals surface area contributed by atoms with Crippen LogP contribution in [0.2, 0.25) is 0 Å². The molecule has 3 saturated heterocycles. The fourth-order valence-electron chi connectivity index (χ4n) is 5.60. The topological polar surface area (TPSA) is 247 Å². The Balaban J connectivity index is 1.31. The van der Waals surface area contributed by atoms with Crippen molar-refractivity contribution in [3.63, 3.8) is 0 Å². The quantitative estimate of drug-likeness (QED) is 0.135. The number of fused-ring (bicyclic) bond motifs is 1. The third-order valence-corrected chi connectivity index (χ3v) is 8.30. The maximum Gasteiger partial charge on any atom is 0.228 e. The van der Waals surface area contributed by atoms with Crippen molar-refractivity contribution in [3.8, 4) is 22.8 Å². The van der Waals surface area contributed by atoms with E-state index in [1.807, 2.05) is 0 Å². The fraction of sp³-hybridized carbons (Fsp3) is 0.516. The van der Waals surface area contributed by atoms with Crippen molar-refractivity contribution < 1.29 is 73.7 Å². The lowest BCUT2D eigenvalue weighted by molar-refractivity contribution is -0.338. The van der Waals surface area contributed by atoms with Gasteiger partial charge in [-0.05, 0) is 6.92 Å². The molecule has 3 aromatic rings. The van der Waals surface area contributed by atoms with Crippen molar-refractivity contribution in [1.82, 2.24) is 0 Å². The average Bonchev–Trinajstić information content (AvgIpc) is 3.06. The Kier molecular flexibility index (Phi) is 9.82. The highest BCUT2D eigenvalue weighted by atomic mass is 16.7. The number of ether oxygens (including phenoxy) is 6. The van der Waals surface area contributed by atoms with Crippen molar-refractivity contribution in [2.45, 2.75) is 86.8 Å². The Bertz CT molecular complexity index is 1580. The van der Waals surface area contributed by atoms with Crippen LogP contribution in [0.5, 0.6) is 11.5 Å². The van der Waals surface area contributed by atoms with E-state index in [9.17, 15) is 45.6 Å². The molecule has 0 bridgehead atoms. The Morgan fingerprint density at radius 3 is 2.09 bits per heavy atom. The summed E-state index contributed by atoms with van der Waals surface area (Å²) in [6.07, 6.45) is -19.5. The summed E-state index contributed by atoms with van der Waals surface area (Å²) in [6, 6.07) is 12.6. The van der Waals surface area contributed by atoms with E-state index in [-0.39, 0.29) is 34.8 Å². The second kappa shape index (κ2) is 13.7. The molecule has 0 spiro atoms. The lowest BCUT2D eigenvalue weighted by Gasteiger charge is -2.43. The monoisotopic (exact) mass is 664 g/mol. The van der Waals surface area contributed by atoms with Gasteiger partial charge in [0.15, 0.2) is 11.7 Å². The molecule has 0 unspecified atom stereocenters. The molecule has 16 heteroatoms. The Morgan fingerprint density at radius 2 is 1.36 bits per heavy atom. The molecule has 4 heterocycles. The maximum absolute atomic E-state index is 13.4. The number of rotatable bonds is 7. The number of hydrogen-bond acceptors (Lipinski definition) is 16. The Labute approximate surface area is 266 Å². The molecule has 47 heavy (non-hydrogen) atoms. The van der Waals surface area contributed by atoms with Crippen molar-refractivity contribution in [2.75, 3.05) is 13.2 Å². The standard InChI is InChI=1S/C31H36O16/c1-12-22(35)24(37)26(39)31(43-12)47-28-17(34)11-42-30(27(28)40)44-14-7-19-21(15(32)9-18(45-19)13-5-3-2-4-6-13)20(8-14)46-29-25(38)23(36)16(33)10-41-29/h2-9,12,16-17,22-31,33-40H,10-11H2,1H3/t12-,16+,17-,22-,23-,24+,25+,26+,27+,28-,29-,30-,31-/m0/s1. The molecule has 3 fully saturated rings. The van der Waals surface area contributed by atoms with Crippen molar-refractivity contribution in [1.29, 1.82) is 0 Å². The first-order valence-corrected chi connectivity index (χ1v) is 14.9. The van der Waals surface area contributed by atoms with E-state index in [2.05, 4.69) is 0 Å². The van der Waals surface area contributed by atoms with E-state index in [0.29, 0.717) is 5.56 Å². The number of aliphatic hydroxyl groups excluding tert-OH is 8. The summed E-state index contributed by atoms with van der Waals surface area (Å²) in [6.45, 7) is 0.673. The van der Waals surface area contributed by atoms with Crippen LogP contribution in [0.4, 0.5) is 0 Å². The molecule has 16 nitrogen and oxygen atoms in total. The summed E-state index contributed by atoms with van der Waals surface area (Å²) in [5.41, 5.74) is 0.0197. The van der Waals surface area contributed by atoms with Crippen LogP contribution in [0.1, 0.15) is 6.92 Å².